The number of aromatic nitrogens is 2. The van der Waals surface area contributed by atoms with Gasteiger partial charge in [-0.15, -0.1) is 0 Å². The maximum atomic E-state index is 12.1. The molecule has 1 aromatic rings. The highest BCUT2D eigenvalue weighted by Crippen LogP contribution is 2.22. The lowest BCUT2D eigenvalue weighted by atomic mass is 9.96. The van der Waals surface area contributed by atoms with Crippen molar-refractivity contribution in [3.05, 3.63) is 18.0 Å². The van der Waals surface area contributed by atoms with Gasteiger partial charge in [-0.25, -0.2) is 0 Å². The summed E-state index contributed by atoms with van der Waals surface area (Å²) in [4.78, 5) is 13.8. The van der Waals surface area contributed by atoms with E-state index in [-0.39, 0.29) is 19.1 Å². The molecule has 6 heteroatoms. The summed E-state index contributed by atoms with van der Waals surface area (Å²) >= 11 is 0. The summed E-state index contributed by atoms with van der Waals surface area (Å²) in [6, 6.07) is 2.01. The van der Waals surface area contributed by atoms with Gasteiger partial charge in [-0.2, -0.15) is 5.10 Å². The molecule has 112 valence electrons. The molecule has 0 aromatic carbocycles. The first-order valence-electron chi connectivity index (χ1n) is 7.29. The number of carbonyl (C=O) groups excluding carboxylic acids is 1. The highest BCUT2D eigenvalue weighted by Gasteiger charge is 2.20. The van der Waals surface area contributed by atoms with Crippen LogP contribution in [-0.4, -0.2) is 59.0 Å². The van der Waals surface area contributed by atoms with Crippen LogP contribution in [0.2, 0.25) is 0 Å². The van der Waals surface area contributed by atoms with Gasteiger partial charge in [0.25, 0.3) is 0 Å². The molecule has 0 radical (unpaired) electrons. The molecule has 2 rings (SSSR count). The molecule has 1 amide bonds. The normalized spacial score (nSPS) is 19.0. The molecular formula is C14H24N4O2. The molecule has 1 aliphatic rings. The fourth-order valence-electron chi connectivity index (χ4n) is 2.61. The minimum absolute atomic E-state index is 0.0344. The van der Waals surface area contributed by atoms with Gasteiger partial charge in [0.2, 0.25) is 5.91 Å². The zero-order valence-corrected chi connectivity index (χ0v) is 12.1. The predicted molar refractivity (Wildman–Crippen MR) is 76.4 cm³/mol. The van der Waals surface area contributed by atoms with E-state index in [0.717, 1.165) is 25.2 Å². The highest BCUT2D eigenvalue weighted by molar-refractivity contribution is 5.75. The van der Waals surface area contributed by atoms with Crippen LogP contribution in [0.4, 0.5) is 0 Å². The van der Waals surface area contributed by atoms with Gasteiger partial charge in [0.15, 0.2) is 0 Å². The number of hydrogen-bond acceptors (Lipinski definition) is 4. The van der Waals surface area contributed by atoms with E-state index in [0.29, 0.717) is 18.9 Å². The van der Waals surface area contributed by atoms with Crippen molar-refractivity contribution in [3.8, 4) is 0 Å². The molecule has 20 heavy (non-hydrogen) atoms. The Balaban J connectivity index is 1.95. The Morgan fingerprint density at radius 3 is 3.20 bits per heavy atom. The summed E-state index contributed by atoms with van der Waals surface area (Å²) in [6.07, 6.45) is 4.69. The van der Waals surface area contributed by atoms with Crippen molar-refractivity contribution in [1.82, 2.24) is 20.0 Å². The zero-order valence-electron chi connectivity index (χ0n) is 12.1. The molecule has 0 aliphatic carbocycles. The van der Waals surface area contributed by atoms with Gasteiger partial charge in [-0.1, -0.05) is 0 Å². The third-order valence-corrected chi connectivity index (χ3v) is 3.83. The molecule has 1 aliphatic heterocycles. The van der Waals surface area contributed by atoms with E-state index in [4.69, 9.17) is 5.11 Å². The highest BCUT2D eigenvalue weighted by atomic mass is 16.3. The Kier molecular flexibility index (Phi) is 5.55. The van der Waals surface area contributed by atoms with E-state index in [1.165, 1.54) is 6.42 Å². The van der Waals surface area contributed by atoms with Gasteiger partial charge in [-0.3, -0.25) is 9.48 Å². The van der Waals surface area contributed by atoms with E-state index < -0.39 is 0 Å². The minimum atomic E-state index is 0.0344. The zero-order chi connectivity index (χ0) is 14.4. The molecule has 0 bridgehead atoms. The van der Waals surface area contributed by atoms with Gasteiger partial charge in [0, 0.05) is 44.6 Å². The Morgan fingerprint density at radius 2 is 2.50 bits per heavy atom. The van der Waals surface area contributed by atoms with Crippen LogP contribution >= 0.6 is 0 Å². The minimum Gasteiger partial charge on any atom is -0.396 e. The van der Waals surface area contributed by atoms with E-state index >= 15 is 0 Å². The van der Waals surface area contributed by atoms with Crippen LogP contribution in [0.15, 0.2) is 12.3 Å². The summed E-state index contributed by atoms with van der Waals surface area (Å²) < 4.78 is 1.81. The third kappa shape index (κ3) is 3.80. The summed E-state index contributed by atoms with van der Waals surface area (Å²) in [5, 5.41) is 16.5. The standard InChI is InChI=1S/C14H24N4O2/c1-17(8-3-9-19)14(20)11-18-13(5-7-16-18)12-4-2-6-15-10-12/h5,7,12,15,19H,2-4,6,8-11H2,1H3/t12-/m0/s1. The number of aliphatic hydroxyl groups is 1. The van der Waals surface area contributed by atoms with Crippen LogP contribution in [-0.2, 0) is 11.3 Å². The fraction of sp³-hybridized carbons (Fsp3) is 0.714. The monoisotopic (exact) mass is 280 g/mol. The Bertz CT molecular complexity index is 427. The van der Waals surface area contributed by atoms with Crippen molar-refractivity contribution in [2.45, 2.75) is 31.7 Å². The Morgan fingerprint density at radius 1 is 1.65 bits per heavy atom. The van der Waals surface area contributed by atoms with Crippen LogP contribution in [0.5, 0.6) is 0 Å². The average molecular weight is 280 g/mol. The topological polar surface area (TPSA) is 70.4 Å². The quantitative estimate of drug-likeness (QED) is 0.780. The molecule has 1 fully saturated rings. The van der Waals surface area contributed by atoms with Gasteiger partial charge in [0.1, 0.15) is 6.54 Å². The largest absolute Gasteiger partial charge is 0.396 e. The van der Waals surface area contributed by atoms with Crippen molar-refractivity contribution in [2.24, 2.45) is 0 Å². The second kappa shape index (κ2) is 7.40. The number of piperidine rings is 1. The lowest BCUT2D eigenvalue weighted by Crippen LogP contribution is -2.34. The number of aliphatic hydroxyl groups excluding tert-OH is 1. The van der Waals surface area contributed by atoms with Gasteiger partial charge >= 0.3 is 0 Å². The van der Waals surface area contributed by atoms with E-state index in [1.54, 1.807) is 18.1 Å². The molecule has 1 atom stereocenters. The van der Waals surface area contributed by atoms with E-state index in [2.05, 4.69) is 10.4 Å². The van der Waals surface area contributed by atoms with Crippen molar-refractivity contribution in [3.63, 3.8) is 0 Å². The van der Waals surface area contributed by atoms with E-state index in [1.807, 2.05) is 10.7 Å². The number of likely N-dealkylation sites (N-methyl/N-ethyl adjacent to an activating group) is 1. The average Bonchev–Trinajstić information content (AvgIpc) is 2.93. The van der Waals surface area contributed by atoms with Crippen LogP contribution in [0.3, 0.4) is 0 Å². The molecular weight excluding hydrogens is 256 g/mol. The molecule has 0 saturated carbocycles. The first-order chi connectivity index (χ1) is 9.72. The van der Waals surface area contributed by atoms with Gasteiger partial charge < -0.3 is 15.3 Å². The lowest BCUT2D eigenvalue weighted by molar-refractivity contribution is -0.130. The first-order valence-corrected chi connectivity index (χ1v) is 7.29. The maximum absolute atomic E-state index is 12.1. The number of hydrogen-bond donors (Lipinski definition) is 2. The fourth-order valence-corrected chi connectivity index (χ4v) is 2.61. The molecule has 0 spiro atoms. The van der Waals surface area contributed by atoms with Crippen molar-refractivity contribution >= 4 is 5.91 Å². The first kappa shape index (κ1) is 15.0. The smallest absolute Gasteiger partial charge is 0.244 e. The van der Waals surface area contributed by atoms with Crippen LogP contribution in [0.25, 0.3) is 0 Å². The SMILES string of the molecule is CN(CCCO)C(=O)Cn1nccc1[C@H]1CCCNC1. The van der Waals surface area contributed by atoms with E-state index in [9.17, 15) is 4.79 Å². The molecule has 2 heterocycles. The summed E-state index contributed by atoms with van der Waals surface area (Å²) in [5.41, 5.74) is 1.14. The number of amides is 1. The number of carbonyl (C=O) groups is 1. The number of nitrogens with one attached hydrogen (secondary N) is 1. The molecule has 0 unspecified atom stereocenters. The van der Waals surface area contributed by atoms with Crippen molar-refractivity contribution in [1.29, 1.82) is 0 Å². The van der Waals surface area contributed by atoms with Crippen LogP contribution in [0.1, 0.15) is 30.9 Å². The third-order valence-electron chi connectivity index (χ3n) is 3.83. The Hall–Kier alpha value is -1.40. The molecule has 6 nitrogen and oxygen atoms in total. The molecule has 1 aromatic heterocycles. The lowest BCUT2D eigenvalue weighted by Gasteiger charge is -2.24. The predicted octanol–water partition coefficient (Wildman–Crippen LogP) is 0.191. The number of nitrogens with zero attached hydrogens (tertiary/aromatic N) is 3. The number of rotatable bonds is 6. The summed E-state index contributed by atoms with van der Waals surface area (Å²) in [7, 11) is 1.77. The summed E-state index contributed by atoms with van der Waals surface area (Å²) in [6.45, 7) is 3.00. The van der Waals surface area contributed by atoms with Crippen LogP contribution < -0.4 is 5.32 Å². The molecule has 1 saturated heterocycles. The summed E-state index contributed by atoms with van der Waals surface area (Å²) in [5.74, 6) is 0.481. The Labute approximate surface area is 119 Å². The second-order valence-electron chi connectivity index (χ2n) is 5.35. The second-order valence-corrected chi connectivity index (χ2v) is 5.35. The van der Waals surface area contributed by atoms with Crippen molar-refractivity contribution < 1.29 is 9.90 Å². The van der Waals surface area contributed by atoms with Gasteiger partial charge in [0.05, 0.1) is 0 Å². The maximum Gasteiger partial charge on any atom is 0.244 e. The van der Waals surface area contributed by atoms with Crippen LogP contribution in [0, 0.1) is 0 Å². The molecule has 2 N–H and O–H groups in total. The van der Waals surface area contributed by atoms with Crippen molar-refractivity contribution in [2.75, 3.05) is 33.3 Å². The van der Waals surface area contributed by atoms with Gasteiger partial charge in [-0.05, 0) is 31.9 Å².